The van der Waals surface area contributed by atoms with Gasteiger partial charge in [-0.25, -0.2) is 0 Å². The van der Waals surface area contributed by atoms with E-state index in [4.69, 9.17) is 0 Å². The molecule has 0 aromatic heterocycles. The van der Waals surface area contributed by atoms with Gasteiger partial charge in [0, 0.05) is 11.0 Å². The molecular formula is C27H34O2. The molecule has 3 saturated carbocycles. The van der Waals surface area contributed by atoms with Crippen molar-refractivity contribution in [3.05, 3.63) is 47.5 Å². The number of rotatable bonds is 0. The summed E-state index contributed by atoms with van der Waals surface area (Å²) in [4.78, 5) is 0. The third-order valence-electron chi connectivity index (χ3n) is 9.42. The van der Waals surface area contributed by atoms with Crippen molar-refractivity contribution in [2.24, 2.45) is 28.6 Å². The fraction of sp³-hybridized carbons (Fsp3) is 0.630. The maximum absolute atomic E-state index is 11.7. The monoisotopic (exact) mass is 390 g/mol. The van der Waals surface area contributed by atoms with Gasteiger partial charge in [0.15, 0.2) is 0 Å². The highest BCUT2D eigenvalue weighted by Crippen LogP contribution is 2.67. The minimum Gasteiger partial charge on any atom is -0.393 e. The third-order valence-corrected chi connectivity index (χ3v) is 9.42. The topological polar surface area (TPSA) is 40.5 Å². The normalized spacial score (nSPS) is 45.9. The van der Waals surface area contributed by atoms with Gasteiger partial charge in [-0.1, -0.05) is 55.5 Å². The van der Waals surface area contributed by atoms with Crippen molar-refractivity contribution >= 4 is 0 Å². The summed E-state index contributed by atoms with van der Waals surface area (Å²) in [5.74, 6) is 8.49. The molecule has 29 heavy (non-hydrogen) atoms. The molecule has 2 N–H and O–H groups in total. The highest BCUT2D eigenvalue weighted by atomic mass is 16.3. The molecule has 0 aliphatic heterocycles. The average molecular weight is 391 g/mol. The minimum atomic E-state index is -0.883. The van der Waals surface area contributed by atoms with Crippen molar-refractivity contribution in [3.8, 4) is 11.8 Å². The molecule has 0 unspecified atom stereocenters. The SMILES string of the molecule is C[C@@]12CC[C@@H](O)CC1=CC[C@H]1[C@H]3CC[C@@](O)(C#Cc4ccccc4)[C@]3(C)CC[C@@H]12. The highest BCUT2D eigenvalue weighted by Gasteiger charge is 2.63. The van der Waals surface area contributed by atoms with Crippen LogP contribution in [0.3, 0.4) is 0 Å². The number of aliphatic hydroxyl groups excluding tert-OH is 1. The summed E-state index contributed by atoms with van der Waals surface area (Å²) in [5.41, 5.74) is 1.75. The lowest BCUT2D eigenvalue weighted by Crippen LogP contribution is -2.54. The average Bonchev–Trinajstić information content (AvgIpc) is 2.99. The molecule has 0 heterocycles. The van der Waals surface area contributed by atoms with E-state index in [0.717, 1.165) is 50.5 Å². The van der Waals surface area contributed by atoms with Crippen LogP contribution in [0.5, 0.6) is 0 Å². The molecule has 0 bridgehead atoms. The van der Waals surface area contributed by atoms with Gasteiger partial charge in [-0.05, 0) is 86.7 Å². The number of benzene rings is 1. The van der Waals surface area contributed by atoms with E-state index in [1.54, 1.807) is 0 Å². The van der Waals surface area contributed by atoms with Crippen LogP contribution < -0.4 is 0 Å². The molecule has 0 amide bonds. The molecule has 5 rings (SSSR count). The Morgan fingerprint density at radius 3 is 2.52 bits per heavy atom. The predicted octanol–water partition coefficient (Wildman–Crippen LogP) is 5.09. The quantitative estimate of drug-likeness (QED) is 0.478. The van der Waals surface area contributed by atoms with Crippen LogP contribution in [0.15, 0.2) is 42.0 Å². The standard InChI is InChI=1S/C27H34O2/c1-25-14-11-21(28)18-20(25)8-9-22-23(25)12-15-26(2)24(22)13-17-27(26,29)16-10-19-6-4-3-5-7-19/h3-8,21-24,28-29H,9,11-15,17-18H2,1-2H3/t21-,22-,23+,24-,25-,26-,27+/m1/s1. The molecule has 154 valence electrons. The lowest BCUT2D eigenvalue weighted by molar-refractivity contribution is -0.0970. The molecule has 7 atom stereocenters. The Balaban J connectivity index is 1.45. The van der Waals surface area contributed by atoms with Crippen molar-refractivity contribution in [2.45, 2.75) is 76.9 Å². The highest BCUT2D eigenvalue weighted by molar-refractivity contribution is 5.38. The van der Waals surface area contributed by atoms with Crippen LogP contribution >= 0.6 is 0 Å². The van der Waals surface area contributed by atoms with E-state index in [1.165, 1.54) is 12.0 Å². The van der Waals surface area contributed by atoms with Crippen LogP contribution in [0.4, 0.5) is 0 Å². The summed E-state index contributed by atoms with van der Waals surface area (Å²) in [5, 5.41) is 21.9. The number of fused-ring (bicyclic) bond motifs is 5. The van der Waals surface area contributed by atoms with Gasteiger partial charge >= 0.3 is 0 Å². The smallest absolute Gasteiger partial charge is 0.131 e. The fourth-order valence-corrected chi connectivity index (χ4v) is 7.56. The Morgan fingerprint density at radius 1 is 0.966 bits per heavy atom. The van der Waals surface area contributed by atoms with Crippen LogP contribution in [0.25, 0.3) is 0 Å². The minimum absolute atomic E-state index is 0.119. The summed E-state index contributed by atoms with van der Waals surface area (Å²) >= 11 is 0. The van der Waals surface area contributed by atoms with E-state index in [2.05, 4.69) is 31.8 Å². The summed E-state index contributed by atoms with van der Waals surface area (Å²) < 4.78 is 0. The van der Waals surface area contributed by atoms with E-state index in [1.807, 2.05) is 30.3 Å². The van der Waals surface area contributed by atoms with Gasteiger partial charge in [0.05, 0.1) is 6.10 Å². The Kier molecular flexibility index (Phi) is 4.50. The van der Waals surface area contributed by atoms with Crippen LogP contribution in [-0.4, -0.2) is 21.9 Å². The summed E-state index contributed by atoms with van der Waals surface area (Å²) in [6.45, 7) is 4.77. The number of aliphatic hydroxyl groups is 2. The van der Waals surface area contributed by atoms with Crippen LogP contribution in [-0.2, 0) is 0 Å². The lowest BCUT2D eigenvalue weighted by Gasteiger charge is -2.58. The molecule has 4 aliphatic carbocycles. The van der Waals surface area contributed by atoms with Crippen molar-refractivity contribution < 1.29 is 10.2 Å². The molecule has 1 aromatic carbocycles. The third kappa shape index (κ3) is 2.85. The van der Waals surface area contributed by atoms with Crippen molar-refractivity contribution in [3.63, 3.8) is 0 Å². The molecule has 1 aromatic rings. The van der Waals surface area contributed by atoms with Gasteiger partial charge in [-0.15, -0.1) is 0 Å². The first-order valence-corrected chi connectivity index (χ1v) is 11.5. The van der Waals surface area contributed by atoms with Gasteiger partial charge < -0.3 is 10.2 Å². The zero-order valence-corrected chi connectivity index (χ0v) is 17.8. The zero-order valence-electron chi connectivity index (χ0n) is 17.8. The second kappa shape index (κ2) is 6.73. The molecule has 0 spiro atoms. The molecule has 3 fully saturated rings. The van der Waals surface area contributed by atoms with E-state index in [9.17, 15) is 10.2 Å². The van der Waals surface area contributed by atoms with Gasteiger partial charge in [0.1, 0.15) is 5.60 Å². The maximum Gasteiger partial charge on any atom is 0.131 e. The number of allylic oxidation sites excluding steroid dienone is 1. The van der Waals surface area contributed by atoms with Gasteiger partial charge in [-0.3, -0.25) is 0 Å². The molecule has 2 heteroatoms. The molecule has 0 saturated heterocycles. The number of hydrogen-bond acceptors (Lipinski definition) is 2. The lowest BCUT2D eigenvalue weighted by atomic mass is 9.47. The largest absolute Gasteiger partial charge is 0.393 e. The Bertz CT molecular complexity index is 877. The zero-order chi connectivity index (χ0) is 20.3. The molecule has 4 aliphatic rings. The Morgan fingerprint density at radius 2 is 1.72 bits per heavy atom. The van der Waals surface area contributed by atoms with Gasteiger partial charge in [0.2, 0.25) is 0 Å². The van der Waals surface area contributed by atoms with Crippen molar-refractivity contribution in [1.29, 1.82) is 0 Å². The Labute approximate surface area is 175 Å². The van der Waals surface area contributed by atoms with Gasteiger partial charge in [0.25, 0.3) is 0 Å². The predicted molar refractivity (Wildman–Crippen MR) is 116 cm³/mol. The van der Waals surface area contributed by atoms with Crippen LogP contribution in [0.2, 0.25) is 0 Å². The first kappa shape index (κ1) is 19.4. The summed E-state index contributed by atoms with van der Waals surface area (Å²) in [6, 6.07) is 10.1. The van der Waals surface area contributed by atoms with E-state index < -0.39 is 5.60 Å². The Hall–Kier alpha value is -1.56. The van der Waals surface area contributed by atoms with E-state index >= 15 is 0 Å². The summed E-state index contributed by atoms with van der Waals surface area (Å²) in [7, 11) is 0. The van der Waals surface area contributed by atoms with Crippen molar-refractivity contribution in [2.75, 3.05) is 0 Å². The maximum atomic E-state index is 11.7. The first-order chi connectivity index (χ1) is 13.9. The molecular weight excluding hydrogens is 356 g/mol. The molecule has 2 nitrogen and oxygen atoms in total. The van der Waals surface area contributed by atoms with Crippen molar-refractivity contribution in [1.82, 2.24) is 0 Å². The van der Waals surface area contributed by atoms with E-state index in [-0.39, 0.29) is 16.9 Å². The van der Waals surface area contributed by atoms with Crippen LogP contribution in [0, 0.1) is 40.4 Å². The summed E-state index contributed by atoms with van der Waals surface area (Å²) in [6.07, 6.45) is 10.5. The van der Waals surface area contributed by atoms with Gasteiger partial charge in [-0.2, -0.15) is 0 Å². The second-order valence-corrected chi connectivity index (χ2v) is 10.6. The first-order valence-electron chi connectivity index (χ1n) is 11.5. The molecule has 0 radical (unpaired) electrons. The fourth-order valence-electron chi connectivity index (χ4n) is 7.56. The second-order valence-electron chi connectivity index (χ2n) is 10.6. The van der Waals surface area contributed by atoms with Crippen LogP contribution in [0.1, 0.15) is 70.8 Å². The van der Waals surface area contributed by atoms with E-state index in [0.29, 0.717) is 17.8 Å². The number of hydrogen-bond donors (Lipinski definition) is 2.